The lowest BCUT2D eigenvalue weighted by atomic mass is 10.0. The minimum Gasteiger partial charge on any atom is -0.394 e. The van der Waals surface area contributed by atoms with E-state index in [4.69, 9.17) is 0 Å². The molecule has 0 spiro atoms. The number of allylic oxidation sites excluding steroid dienone is 5. The summed E-state index contributed by atoms with van der Waals surface area (Å²) in [5.74, 6) is -0.0696. The summed E-state index contributed by atoms with van der Waals surface area (Å²) in [6.45, 7) is 4.33. The van der Waals surface area contributed by atoms with E-state index in [1.807, 2.05) is 6.08 Å². The molecule has 0 saturated carbocycles. The number of aliphatic hydroxyl groups excluding tert-OH is 2. The van der Waals surface area contributed by atoms with Crippen LogP contribution >= 0.6 is 0 Å². The topological polar surface area (TPSA) is 69.6 Å². The fourth-order valence-electron chi connectivity index (χ4n) is 9.13. The van der Waals surface area contributed by atoms with Crippen molar-refractivity contribution in [3.63, 3.8) is 0 Å². The Bertz CT molecular complexity index is 974. The Morgan fingerprint density at radius 1 is 0.359 bits per heavy atom. The van der Waals surface area contributed by atoms with Gasteiger partial charge in [-0.05, 0) is 57.8 Å². The van der Waals surface area contributed by atoms with Crippen molar-refractivity contribution in [3.05, 3.63) is 36.5 Å². The van der Waals surface area contributed by atoms with E-state index in [0.717, 1.165) is 32.1 Å². The van der Waals surface area contributed by atoms with Gasteiger partial charge in [0.15, 0.2) is 0 Å². The van der Waals surface area contributed by atoms with Crippen LogP contribution < -0.4 is 5.32 Å². The third kappa shape index (κ3) is 51.6. The van der Waals surface area contributed by atoms with Crippen LogP contribution in [0.4, 0.5) is 0 Å². The molecule has 0 fully saturated rings. The quantitative estimate of drug-likeness (QED) is 0.0421. The molecular formula is C60H115NO3. The summed E-state index contributed by atoms with van der Waals surface area (Å²) in [6.07, 6.45) is 76.1. The average molecular weight is 899 g/mol. The summed E-state index contributed by atoms with van der Waals surface area (Å²) in [5, 5.41) is 23.2. The van der Waals surface area contributed by atoms with Crippen LogP contribution in [-0.2, 0) is 4.79 Å². The number of aliphatic hydroxyl groups is 2. The summed E-state index contributed by atoms with van der Waals surface area (Å²) in [5.41, 5.74) is 0. The summed E-state index contributed by atoms with van der Waals surface area (Å²) in [4.78, 5) is 12.5. The summed E-state index contributed by atoms with van der Waals surface area (Å²) >= 11 is 0. The highest BCUT2D eigenvalue weighted by molar-refractivity contribution is 5.76. The van der Waals surface area contributed by atoms with Gasteiger partial charge in [0.25, 0.3) is 0 Å². The first-order chi connectivity index (χ1) is 31.7. The molecule has 0 saturated heterocycles. The van der Waals surface area contributed by atoms with Crippen LogP contribution in [-0.4, -0.2) is 34.9 Å². The lowest BCUT2D eigenvalue weighted by Gasteiger charge is -2.19. The van der Waals surface area contributed by atoms with E-state index < -0.39 is 12.1 Å². The van der Waals surface area contributed by atoms with E-state index in [9.17, 15) is 15.0 Å². The van der Waals surface area contributed by atoms with Gasteiger partial charge in [-0.25, -0.2) is 0 Å². The number of nitrogens with one attached hydrogen (secondary N) is 1. The van der Waals surface area contributed by atoms with Crippen molar-refractivity contribution >= 4 is 5.91 Å². The van der Waals surface area contributed by atoms with Crippen molar-refractivity contribution in [1.29, 1.82) is 0 Å². The van der Waals surface area contributed by atoms with E-state index in [1.165, 1.54) is 270 Å². The first-order valence-electron chi connectivity index (χ1n) is 29.2. The average Bonchev–Trinajstić information content (AvgIpc) is 3.30. The van der Waals surface area contributed by atoms with Crippen LogP contribution in [0.25, 0.3) is 0 Å². The van der Waals surface area contributed by atoms with Gasteiger partial charge in [-0.2, -0.15) is 0 Å². The van der Waals surface area contributed by atoms with Gasteiger partial charge in [0.2, 0.25) is 5.91 Å². The molecule has 1 amide bonds. The van der Waals surface area contributed by atoms with Gasteiger partial charge >= 0.3 is 0 Å². The van der Waals surface area contributed by atoms with Crippen LogP contribution in [0, 0.1) is 0 Å². The number of rotatable bonds is 54. The van der Waals surface area contributed by atoms with Gasteiger partial charge in [-0.1, -0.05) is 294 Å². The predicted molar refractivity (Wildman–Crippen MR) is 285 cm³/mol. The number of carbonyl (C=O) groups excluding carboxylic acids is 1. The van der Waals surface area contributed by atoms with Gasteiger partial charge in [0.05, 0.1) is 18.8 Å². The van der Waals surface area contributed by atoms with Gasteiger partial charge in [0.1, 0.15) is 0 Å². The first kappa shape index (κ1) is 62.6. The van der Waals surface area contributed by atoms with E-state index in [-0.39, 0.29) is 12.5 Å². The van der Waals surface area contributed by atoms with Gasteiger partial charge in [0, 0.05) is 6.42 Å². The maximum atomic E-state index is 12.5. The maximum Gasteiger partial charge on any atom is 0.220 e. The molecule has 2 atom stereocenters. The van der Waals surface area contributed by atoms with Crippen LogP contribution in [0.3, 0.4) is 0 Å². The number of hydrogen-bond donors (Lipinski definition) is 3. The Labute approximate surface area is 402 Å². The Morgan fingerprint density at radius 3 is 0.906 bits per heavy atom. The normalized spacial score (nSPS) is 13.0. The molecule has 0 heterocycles. The molecule has 0 aromatic heterocycles. The number of carbonyl (C=O) groups is 1. The van der Waals surface area contributed by atoms with E-state index >= 15 is 0 Å². The van der Waals surface area contributed by atoms with Gasteiger partial charge in [-0.15, -0.1) is 0 Å². The lowest BCUT2D eigenvalue weighted by molar-refractivity contribution is -0.123. The smallest absolute Gasteiger partial charge is 0.220 e. The molecule has 0 aromatic rings. The second-order valence-electron chi connectivity index (χ2n) is 20.1. The van der Waals surface area contributed by atoms with Crippen LogP contribution in [0.5, 0.6) is 0 Å². The minimum atomic E-state index is -0.863. The highest BCUT2D eigenvalue weighted by Crippen LogP contribution is 2.17. The molecule has 2 unspecified atom stereocenters. The van der Waals surface area contributed by atoms with Crippen molar-refractivity contribution in [3.8, 4) is 0 Å². The maximum absolute atomic E-state index is 12.5. The molecular weight excluding hydrogens is 783 g/mol. The third-order valence-electron chi connectivity index (χ3n) is 13.6. The zero-order chi connectivity index (χ0) is 46.3. The minimum absolute atomic E-state index is 0.0696. The number of unbranched alkanes of at least 4 members (excludes halogenated alkanes) is 43. The largest absolute Gasteiger partial charge is 0.394 e. The van der Waals surface area contributed by atoms with E-state index in [1.54, 1.807) is 6.08 Å². The van der Waals surface area contributed by atoms with Crippen molar-refractivity contribution in [1.82, 2.24) is 5.32 Å². The van der Waals surface area contributed by atoms with Crippen molar-refractivity contribution < 1.29 is 15.0 Å². The second-order valence-corrected chi connectivity index (χ2v) is 20.1. The molecule has 378 valence electrons. The Balaban J connectivity index is 3.50. The fourth-order valence-corrected chi connectivity index (χ4v) is 9.13. The summed E-state index contributed by atoms with van der Waals surface area (Å²) in [7, 11) is 0. The zero-order valence-corrected chi connectivity index (χ0v) is 43.6. The molecule has 0 rings (SSSR count). The van der Waals surface area contributed by atoms with Crippen LogP contribution in [0.15, 0.2) is 36.5 Å². The molecule has 0 aromatic carbocycles. The molecule has 3 N–H and O–H groups in total. The molecule has 0 radical (unpaired) electrons. The van der Waals surface area contributed by atoms with E-state index in [2.05, 4.69) is 43.5 Å². The molecule has 4 nitrogen and oxygen atoms in total. The zero-order valence-electron chi connectivity index (χ0n) is 43.6. The SMILES string of the molecule is CCCCCCCCCCCCCC/C=C\CCCCCCCCCCCCCCC(=O)NC(CO)C(O)/C=C/CC/C=C/CCCCCCCCCCCCCCCCCCCC. The number of hydrogen-bond acceptors (Lipinski definition) is 3. The molecule has 0 aliphatic heterocycles. The molecule has 0 bridgehead atoms. The molecule has 0 aliphatic carbocycles. The van der Waals surface area contributed by atoms with E-state index in [0.29, 0.717) is 6.42 Å². The highest BCUT2D eigenvalue weighted by atomic mass is 16.3. The summed E-state index contributed by atoms with van der Waals surface area (Å²) in [6, 6.07) is -0.639. The highest BCUT2D eigenvalue weighted by Gasteiger charge is 2.18. The van der Waals surface area contributed by atoms with Crippen LogP contribution in [0.1, 0.15) is 322 Å². The Kier molecular flexibility index (Phi) is 54.7. The second kappa shape index (κ2) is 55.9. The Morgan fingerprint density at radius 2 is 0.609 bits per heavy atom. The predicted octanol–water partition coefficient (Wildman–Crippen LogP) is 19.3. The summed E-state index contributed by atoms with van der Waals surface area (Å²) < 4.78 is 0. The van der Waals surface area contributed by atoms with Crippen molar-refractivity contribution in [2.24, 2.45) is 0 Å². The monoisotopic (exact) mass is 898 g/mol. The van der Waals surface area contributed by atoms with Crippen molar-refractivity contribution in [2.45, 2.75) is 334 Å². The first-order valence-corrected chi connectivity index (χ1v) is 29.2. The molecule has 0 aliphatic rings. The Hall–Kier alpha value is -1.39. The standard InChI is InChI=1S/C60H115NO3/c1-3-5-7-9-11-13-15-17-19-21-23-25-27-29-30-31-32-34-36-38-40-42-44-46-48-50-52-54-56-60(64)61-58(57-62)59(63)55-53-51-49-47-45-43-41-39-37-35-33-28-26-24-22-20-18-16-14-12-10-8-6-4-2/h29-30,45,47,53,55,58-59,62-63H,3-28,31-44,46,48-52,54,56-57H2,1-2H3,(H,61,64)/b30-29-,47-45+,55-53+. The van der Waals surface area contributed by atoms with Crippen molar-refractivity contribution in [2.75, 3.05) is 6.61 Å². The lowest BCUT2D eigenvalue weighted by Crippen LogP contribution is -2.45. The van der Waals surface area contributed by atoms with Gasteiger partial charge < -0.3 is 15.5 Å². The molecule has 64 heavy (non-hydrogen) atoms. The third-order valence-corrected chi connectivity index (χ3v) is 13.6. The van der Waals surface area contributed by atoms with Gasteiger partial charge in [-0.3, -0.25) is 4.79 Å². The molecule has 4 heteroatoms. The fraction of sp³-hybridized carbons (Fsp3) is 0.883. The van der Waals surface area contributed by atoms with Crippen LogP contribution in [0.2, 0.25) is 0 Å². The number of amides is 1.